The van der Waals surface area contributed by atoms with Crippen LogP contribution in [0.15, 0.2) is 36.5 Å². The van der Waals surface area contributed by atoms with E-state index in [1.165, 1.54) is 6.07 Å². The van der Waals surface area contributed by atoms with E-state index in [2.05, 4.69) is 10.3 Å². The molecule has 0 aliphatic carbocycles. The first-order valence-corrected chi connectivity index (χ1v) is 5.66. The van der Waals surface area contributed by atoms with Crippen molar-refractivity contribution in [3.8, 4) is 0 Å². The molecule has 4 heteroatoms. The van der Waals surface area contributed by atoms with Gasteiger partial charge in [-0.2, -0.15) is 0 Å². The van der Waals surface area contributed by atoms with E-state index in [1.54, 1.807) is 19.3 Å². The zero-order valence-electron chi connectivity index (χ0n) is 10.2. The number of rotatable bonds is 3. The minimum absolute atomic E-state index is 0.179. The number of nitrogens with zero attached hydrogens (tertiary/aromatic N) is 1. The topological polar surface area (TPSA) is 24.9 Å². The third-order valence-corrected chi connectivity index (χ3v) is 2.82. The smallest absolute Gasteiger partial charge is 0.159 e. The van der Waals surface area contributed by atoms with Crippen LogP contribution < -0.4 is 5.32 Å². The highest BCUT2D eigenvalue weighted by Gasteiger charge is 2.14. The molecule has 0 aliphatic rings. The second-order valence-corrected chi connectivity index (χ2v) is 4.13. The van der Waals surface area contributed by atoms with E-state index in [0.717, 1.165) is 17.3 Å². The molecule has 2 aromatic rings. The Labute approximate surface area is 105 Å². The third kappa shape index (κ3) is 2.54. The summed E-state index contributed by atoms with van der Waals surface area (Å²) in [5, 5.41) is 3.09. The summed E-state index contributed by atoms with van der Waals surface area (Å²) in [7, 11) is 1.78. The highest BCUT2D eigenvalue weighted by Crippen LogP contribution is 2.23. The number of nitrogens with one attached hydrogen (secondary N) is 1. The average Bonchev–Trinajstić information content (AvgIpc) is 2.35. The largest absolute Gasteiger partial charge is 0.309 e. The van der Waals surface area contributed by atoms with Gasteiger partial charge >= 0.3 is 0 Å². The van der Waals surface area contributed by atoms with Crippen LogP contribution in [0.3, 0.4) is 0 Å². The molecule has 94 valence electrons. The van der Waals surface area contributed by atoms with Crippen LogP contribution in [0.1, 0.15) is 22.9 Å². The van der Waals surface area contributed by atoms with Gasteiger partial charge in [0.15, 0.2) is 11.6 Å². The second-order valence-electron chi connectivity index (χ2n) is 4.13. The molecule has 2 rings (SSSR count). The lowest BCUT2D eigenvalue weighted by Crippen LogP contribution is -2.18. The lowest BCUT2D eigenvalue weighted by Gasteiger charge is -2.17. The van der Waals surface area contributed by atoms with Gasteiger partial charge in [0, 0.05) is 11.9 Å². The van der Waals surface area contributed by atoms with E-state index in [-0.39, 0.29) is 6.04 Å². The van der Waals surface area contributed by atoms with Gasteiger partial charge in [-0.15, -0.1) is 0 Å². The number of hydrogen-bond acceptors (Lipinski definition) is 2. The molecule has 1 N–H and O–H groups in total. The average molecular weight is 248 g/mol. The van der Waals surface area contributed by atoms with Gasteiger partial charge in [0.25, 0.3) is 0 Å². The molecule has 0 bridgehead atoms. The fourth-order valence-electron chi connectivity index (χ4n) is 1.96. The quantitative estimate of drug-likeness (QED) is 0.903. The van der Waals surface area contributed by atoms with Gasteiger partial charge in [0.05, 0.1) is 6.04 Å². The Bertz CT molecular complexity index is 555. The van der Waals surface area contributed by atoms with Crippen LogP contribution in [0.4, 0.5) is 8.78 Å². The van der Waals surface area contributed by atoms with E-state index >= 15 is 0 Å². The normalized spacial score (nSPS) is 12.4. The Kier molecular flexibility index (Phi) is 3.67. The van der Waals surface area contributed by atoms with Crippen molar-refractivity contribution in [3.63, 3.8) is 0 Å². The van der Waals surface area contributed by atoms with Crippen LogP contribution in [0, 0.1) is 18.6 Å². The van der Waals surface area contributed by atoms with Gasteiger partial charge in [0.2, 0.25) is 0 Å². The summed E-state index contributed by atoms with van der Waals surface area (Å²) in [4.78, 5) is 4.12. The molecule has 0 amide bonds. The van der Waals surface area contributed by atoms with E-state index < -0.39 is 11.6 Å². The molecular formula is C14H14F2N2. The predicted octanol–water partition coefficient (Wildman–Crippen LogP) is 2.98. The van der Waals surface area contributed by atoms with E-state index in [9.17, 15) is 8.78 Å². The first kappa shape index (κ1) is 12.6. The first-order chi connectivity index (χ1) is 8.61. The lowest BCUT2D eigenvalue weighted by atomic mass is 9.99. The van der Waals surface area contributed by atoms with Crippen molar-refractivity contribution >= 4 is 0 Å². The van der Waals surface area contributed by atoms with Crippen molar-refractivity contribution in [1.82, 2.24) is 10.3 Å². The van der Waals surface area contributed by atoms with Crippen molar-refractivity contribution in [2.45, 2.75) is 13.0 Å². The molecule has 18 heavy (non-hydrogen) atoms. The van der Waals surface area contributed by atoms with Crippen molar-refractivity contribution in [2.75, 3.05) is 7.05 Å². The monoisotopic (exact) mass is 248 g/mol. The van der Waals surface area contributed by atoms with Gasteiger partial charge in [0.1, 0.15) is 0 Å². The van der Waals surface area contributed by atoms with Crippen molar-refractivity contribution in [2.24, 2.45) is 0 Å². The lowest BCUT2D eigenvalue weighted by molar-refractivity contribution is 0.505. The number of pyridine rings is 1. The minimum atomic E-state index is -0.835. The van der Waals surface area contributed by atoms with Crippen molar-refractivity contribution in [1.29, 1.82) is 0 Å². The van der Waals surface area contributed by atoms with Crippen LogP contribution in [-0.2, 0) is 0 Å². The third-order valence-electron chi connectivity index (χ3n) is 2.82. The number of benzene rings is 1. The fourth-order valence-corrected chi connectivity index (χ4v) is 1.96. The van der Waals surface area contributed by atoms with Gasteiger partial charge in [-0.25, -0.2) is 8.78 Å². The second kappa shape index (κ2) is 5.23. The van der Waals surface area contributed by atoms with Crippen molar-refractivity contribution in [3.05, 3.63) is 65.0 Å². The maximum absolute atomic E-state index is 13.3. The summed E-state index contributed by atoms with van der Waals surface area (Å²) >= 11 is 0. The summed E-state index contributed by atoms with van der Waals surface area (Å²) in [6, 6.07) is 7.53. The molecular weight excluding hydrogens is 234 g/mol. The fraction of sp³-hybridized carbons (Fsp3) is 0.214. The molecule has 1 aromatic heterocycles. The maximum Gasteiger partial charge on any atom is 0.159 e. The maximum atomic E-state index is 13.3. The Morgan fingerprint density at radius 3 is 2.39 bits per heavy atom. The number of halogens is 2. The summed E-state index contributed by atoms with van der Waals surface area (Å²) in [5.41, 5.74) is 2.54. The molecule has 1 unspecified atom stereocenters. The predicted molar refractivity (Wildman–Crippen MR) is 66.2 cm³/mol. The van der Waals surface area contributed by atoms with Crippen LogP contribution in [0.25, 0.3) is 0 Å². The van der Waals surface area contributed by atoms with Crippen LogP contribution in [-0.4, -0.2) is 12.0 Å². The highest BCUT2D eigenvalue weighted by atomic mass is 19.2. The first-order valence-electron chi connectivity index (χ1n) is 5.66. The van der Waals surface area contributed by atoms with E-state index in [1.807, 2.05) is 19.1 Å². The van der Waals surface area contributed by atoms with Gasteiger partial charge < -0.3 is 5.32 Å². The number of aryl methyl sites for hydroxylation is 1. The van der Waals surface area contributed by atoms with E-state index in [4.69, 9.17) is 0 Å². The zero-order chi connectivity index (χ0) is 13.1. The zero-order valence-corrected chi connectivity index (χ0v) is 10.2. The van der Waals surface area contributed by atoms with Crippen LogP contribution in [0.5, 0.6) is 0 Å². The Morgan fingerprint density at radius 1 is 1.06 bits per heavy atom. The molecule has 0 fully saturated rings. The summed E-state index contributed by atoms with van der Waals surface area (Å²) < 4.78 is 26.2. The Hall–Kier alpha value is -1.81. The van der Waals surface area contributed by atoms with Crippen LogP contribution in [0.2, 0.25) is 0 Å². The molecule has 0 saturated carbocycles. The highest BCUT2D eigenvalue weighted by molar-refractivity contribution is 5.32. The van der Waals surface area contributed by atoms with E-state index in [0.29, 0.717) is 5.56 Å². The molecule has 0 saturated heterocycles. The molecule has 1 aromatic carbocycles. The molecule has 1 heterocycles. The summed E-state index contributed by atoms with van der Waals surface area (Å²) in [6.07, 6.45) is 1.70. The molecule has 2 nitrogen and oxygen atoms in total. The Morgan fingerprint density at radius 2 is 1.78 bits per heavy atom. The summed E-state index contributed by atoms with van der Waals surface area (Å²) in [5.74, 6) is -1.67. The SMILES string of the molecule is CNC(c1ccnc(C)c1)c1ccc(F)c(F)c1. The molecule has 1 atom stereocenters. The number of aromatic nitrogens is 1. The van der Waals surface area contributed by atoms with Gasteiger partial charge in [-0.1, -0.05) is 6.07 Å². The molecule has 0 radical (unpaired) electrons. The number of hydrogen-bond donors (Lipinski definition) is 1. The summed E-state index contributed by atoms with van der Waals surface area (Å²) in [6.45, 7) is 1.89. The molecule has 0 aliphatic heterocycles. The Balaban J connectivity index is 2.42. The van der Waals surface area contributed by atoms with Crippen molar-refractivity contribution < 1.29 is 8.78 Å². The standard InChI is InChI=1S/C14H14F2N2/c1-9-7-11(5-6-18-9)14(17-2)10-3-4-12(15)13(16)8-10/h3-8,14,17H,1-2H3. The van der Waals surface area contributed by atoms with Crippen LogP contribution >= 0.6 is 0 Å². The minimum Gasteiger partial charge on any atom is -0.309 e. The van der Waals surface area contributed by atoms with Gasteiger partial charge in [-0.05, 0) is 49.4 Å². The van der Waals surface area contributed by atoms with Gasteiger partial charge in [-0.3, -0.25) is 4.98 Å². The molecule has 0 spiro atoms.